The van der Waals surface area contributed by atoms with Gasteiger partial charge in [-0.2, -0.15) is 0 Å². The van der Waals surface area contributed by atoms with Crippen LogP contribution in [0.2, 0.25) is 0 Å². The highest BCUT2D eigenvalue weighted by Crippen LogP contribution is 2.47. The van der Waals surface area contributed by atoms with Crippen molar-refractivity contribution >= 4 is 63.8 Å². The topological polar surface area (TPSA) is 51.6 Å². The van der Waals surface area contributed by atoms with Gasteiger partial charge in [-0.3, -0.25) is 0 Å². The molecule has 0 spiro atoms. The van der Waals surface area contributed by atoms with Crippen molar-refractivity contribution in [2.24, 2.45) is 0 Å². The summed E-state index contributed by atoms with van der Waals surface area (Å²) in [7, 11) is 0. The van der Waals surface area contributed by atoms with E-state index in [4.69, 9.17) is 19.9 Å². The molecule has 7 aromatic carbocycles. The summed E-state index contributed by atoms with van der Waals surface area (Å²) in [5.74, 6) is 1.95. The van der Waals surface area contributed by atoms with Crippen molar-refractivity contribution in [3.8, 4) is 55.9 Å². The number of nitrogens with zero attached hydrogens (tertiary/aromatic N) is 4. The Bertz CT molecular complexity index is 2800. The molecule has 6 heteroatoms. The second kappa shape index (κ2) is 11.8. The van der Waals surface area contributed by atoms with Crippen LogP contribution in [0.5, 0.6) is 0 Å². The molecule has 0 aliphatic rings. The molecular weight excluding hydrogens is 649 g/mol. The first kappa shape index (κ1) is 28.9. The quantitative estimate of drug-likeness (QED) is 0.182. The zero-order chi connectivity index (χ0) is 33.0. The van der Waals surface area contributed by atoms with Crippen LogP contribution in [0, 0.1) is 0 Å². The van der Waals surface area contributed by atoms with Gasteiger partial charge in [0.05, 0.1) is 10.2 Å². The van der Waals surface area contributed by atoms with Crippen LogP contribution in [0.3, 0.4) is 0 Å². The number of rotatable bonds is 5. The second-order valence-electron chi connectivity index (χ2n) is 12.3. The minimum absolute atomic E-state index is 0.647. The second-order valence-corrected chi connectivity index (χ2v) is 14.4. The third kappa shape index (κ3) is 4.96. The van der Waals surface area contributed by atoms with Gasteiger partial charge in [-0.05, 0) is 40.6 Å². The van der Waals surface area contributed by atoms with E-state index in [9.17, 15) is 0 Å². The summed E-state index contributed by atoms with van der Waals surface area (Å²) in [5.41, 5.74) is 7.43. The molecular formula is C44H26N4S2. The van der Waals surface area contributed by atoms with Gasteiger partial charge < -0.3 is 0 Å². The summed E-state index contributed by atoms with van der Waals surface area (Å²) in [6, 6.07) is 55.0. The lowest BCUT2D eigenvalue weighted by Gasteiger charge is -2.11. The number of hydrogen-bond donors (Lipinski definition) is 0. The number of fused-ring (bicyclic) bond motifs is 5. The van der Waals surface area contributed by atoms with E-state index in [0.29, 0.717) is 17.5 Å². The number of aromatic nitrogens is 4. The Morgan fingerprint density at radius 2 is 0.940 bits per heavy atom. The minimum Gasteiger partial charge on any atom is -0.236 e. The average Bonchev–Trinajstić information content (AvgIpc) is 3.79. The molecule has 0 atom stereocenters. The molecule has 0 unspecified atom stereocenters. The van der Waals surface area contributed by atoms with Crippen molar-refractivity contribution in [3.63, 3.8) is 0 Å². The van der Waals surface area contributed by atoms with Crippen molar-refractivity contribution in [3.05, 3.63) is 158 Å². The number of thiophene rings is 1. The van der Waals surface area contributed by atoms with Gasteiger partial charge in [0.2, 0.25) is 0 Å². The van der Waals surface area contributed by atoms with Crippen molar-refractivity contribution in [1.29, 1.82) is 0 Å². The van der Waals surface area contributed by atoms with Crippen molar-refractivity contribution in [2.75, 3.05) is 0 Å². The summed E-state index contributed by atoms with van der Waals surface area (Å²) in [6.45, 7) is 0. The number of hydrogen-bond acceptors (Lipinski definition) is 6. The lowest BCUT2D eigenvalue weighted by molar-refractivity contribution is 1.07. The van der Waals surface area contributed by atoms with E-state index in [1.54, 1.807) is 11.3 Å². The van der Waals surface area contributed by atoms with Crippen molar-refractivity contribution in [1.82, 2.24) is 19.9 Å². The Balaban J connectivity index is 1.18. The van der Waals surface area contributed by atoms with Crippen LogP contribution in [0.4, 0.5) is 0 Å². The molecule has 0 bridgehead atoms. The normalized spacial score (nSPS) is 11.6. The molecule has 0 radical (unpaired) electrons. The highest BCUT2D eigenvalue weighted by molar-refractivity contribution is 7.26. The van der Waals surface area contributed by atoms with E-state index in [-0.39, 0.29) is 0 Å². The average molecular weight is 675 g/mol. The summed E-state index contributed by atoms with van der Waals surface area (Å²) in [5, 5.41) is 5.88. The largest absolute Gasteiger partial charge is 0.236 e. The van der Waals surface area contributed by atoms with Gasteiger partial charge in [-0.1, -0.05) is 133 Å². The molecule has 3 heterocycles. The maximum Gasteiger partial charge on any atom is 0.164 e. The third-order valence-corrected chi connectivity index (χ3v) is 11.4. The Labute approximate surface area is 296 Å². The first-order chi connectivity index (χ1) is 24.7. The fourth-order valence-corrected chi connectivity index (χ4v) is 9.00. The molecule has 10 aromatic rings. The Morgan fingerprint density at radius 3 is 1.62 bits per heavy atom. The van der Waals surface area contributed by atoms with Gasteiger partial charge in [0.15, 0.2) is 17.5 Å². The lowest BCUT2D eigenvalue weighted by Crippen LogP contribution is -2.00. The van der Waals surface area contributed by atoms with E-state index in [1.807, 2.05) is 72.0 Å². The Kier molecular flexibility index (Phi) is 6.82. The smallest absolute Gasteiger partial charge is 0.164 e. The van der Waals surface area contributed by atoms with E-state index < -0.39 is 0 Å². The fraction of sp³-hybridized carbons (Fsp3) is 0. The molecule has 3 aromatic heterocycles. The van der Waals surface area contributed by atoms with E-state index in [0.717, 1.165) is 43.6 Å². The van der Waals surface area contributed by atoms with Gasteiger partial charge >= 0.3 is 0 Å². The maximum atomic E-state index is 5.17. The van der Waals surface area contributed by atoms with Gasteiger partial charge in [-0.15, -0.1) is 22.7 Å². The van der Waals surface area contributed by atoms with E-state index >= 15 is 0 Å². The molecule has 0 amide bonds. The monoisotopic (exact) mass is 674 g/mol. The zero-order valence-corrected chi connectivity index (χ0v) is 28.2. The molecule has 0 N–H and O–H groups in total. The highest BCUT2D eigenvalue weighted by Gasteiger charge is 2.20. The van der Waals surface area contributed by atoms with Crippen LogP contribution >= 0.6 is 22.7 Å². The number of benzene rings is 7. The lowest BCUT2D eigenvalue weighted by atomic mass is 9.96. The van der Waals surface area contributed by atoms with Crippen LogP contribution < -0.4 is 0 Å². The molecule has 10 rings (SSSR count). The molecule has 0 fully saturated rings. The van der Waals surface area contributed by atoms with E-state index in [2.05, 4.69) is 97.1 Å². The summed E-state index contributed by atoms with van der Waals surface area (Å²) in [4.78, 5) is 20.1. The molecule has 234 valence electrons. The Morgan fingerprint density at radius 1 is 0.380 bits per heavy atom. The molecule has 0 aliphatic carbocycles. The minimum atomic E-state index is 0.647. The van der Waals surface area contributed by atoms with Gasteiger partial charge in [-0.25, -0.2) is 19.9 Å². The van der Waals surface area contributed by atoms with Crippen molar-refractivity contribution in [2.45, 2.75) is 0 Å². The highest BCUT2D eigenvalue weighted by atomic mass is 32.1. The summed E-state index contributed by atoms with van der Waals surface area (Å²) in [6.07, 6.45) is 0. The SMILES string of the molecule is c1ccc(-c2nc(-c3ccccc3)nc(-c3ccc4ccc(-c5c6sc(-c7ccccc7)nc6cc6sc7ccccc7c56)cc4c3)n2)cc1. The van der Waals surface area contributed by atoms with Crippen LogP contribution in [0.25, 0.3) is 97.0 Å². The predicted octanol–water partition coefficient (Wildman–Crippen LogP) is 12.3. The molecule has 0 aliphatic heterocycles. The van der Waals surface area contributed by atoms with Gasteiger partial charge in [0.25, 0.3) is 0 Å². The standard InChI is InChI=1S/C44H26N4S2/c1-4-12-28(13-5-1)41-46-42(29-14-6-2-7-15-29)48-43(47-41)32-23-21-27-20-22-31(24-33(27)25-32)38-39-34-18-10-11-19-36(34)49-37(39)26-35-40(38)50-44(45-35)30-16-8-3-9-17-30/h1-26H. The summed E-state index contributed by atoms with van der Waals surface area (Å²) < 4.78 is 3.73. The maximum absolute atomic E-state index is 5.17. The molecule has 0 saturated carbocycles. The van der Waals surface area contributed by atoms with Crippen LogP contribution in [-0.2, 0) is 0 Å². The fourth-order valence-electron chi connectivity index (χ4n) is 6.73. The first-order valence-electron chi connectivity index (χ1n) is 16.5. The van der Waals surface area contributed by atoms with Gasteiger partial charge in [0.1, 0.15) is 5.01 Å². The van der Waals surface area contributed by atoms with Crippen LogP contribution in [0.1, 0.15) is 0 Å². The third-order valence-electron chi connectivity index (χ3n) is 9.13. The van der Waals surface area contributed by atoms with Gasteiger partial charge in [0, 0.05) is 48.0 Å². The molecule has 50 heavy (non-hydrogen) atoms. The molecule has 0 saturated heterocycles. The van der Waals surface area contributed by atoms with Crippen LogP contribution in [0.15, 0.2) is 158 Å². The predicted molar refractivity (Wildman–Crippen MR) is 211 cm³/mol. The van der Waals surface area contributed by atoms with Crippen LogP contribution in [-0.4, -0.2) is 19.9 Å². The summed E-state index contributed by atoms with van der Waals surface area (Å²) >= 11 is 3.60. The van der Waals surface area contributed by atoms with Crippen molar-refractivity contribution < 1.29 is 0 Å². The first-order valence-corrected chi connectivity index (χ1v) is 18.1. The number of thiazole rings is 1. The Hall–Kier alpha value is -6.08. The van der Waals surface area contributed by atoms with E-state index in [1.165, 1.54) is 36.0 Å². The molecule has 4 nitrogen and oxygen atoms in total. The zero-order valence-electron chi connectivity index (χ0n) is 26.6.